The second-order valence-corrected chi connectivity index (χ2v) is 4.59. The predicted octanol–water partition coefficient (Wildman–Crippen LogP) is 0.363. The standard InChI is InChI=1S/C14H21N3O3/c1-17(10-7-11-5-8-16-9-6-11)13(18)4-3-12(15)14(19)20-2/h5-6,8-9,12H,3-4,7,10,15H2,1-2H3. The molecule has 2 N–H and O–H groups in total. The molecule has 0 spiro atoms. The molecule has 1 aromatic rings. The minimum atomic E-state index is -0.738. The molecule has 1 aromatic heterocycles. The molecular weight excluding hydrogens is 258 g/mol. The summed E-state index contributed by atoms with van der Waals surface area (Å²) in [6.07, 6.45) is 4.76. The molecule has 0 aliphatic carbocycles. The van der Waals surface area contributed by atoms with Gasteiger partial charge < -0.3 is 15.4 Å². The number of methoxy groups -OCH3 is 1. The lowest BCUT2D eigenvalue weighted by Gasteiger charge is -2.18. The van der Waals surface area contributed by atoms with Gasteiger partial charge in [0.05, 0.1) is 7.11 Å². The summed E-state index contributed by atoms with van der Waals surface area (Å²) in [5, 5.41) is 0. The average molecular weight is 279 g/mol. The Bertz CT molecular complexity index is 437. The van der Waals surface area contributed by atoms with Crippen LogP contribution in [-0.4, -0.2) is 48.5 Å². The molecular formula is C14H21N3O3. The van der Waals surface area contributed by atoms with E-state index in [4.69, 9.17) is 5.73 Å². The number of aromatic nitrogens is 1. The number of amides is 1. The summed E-state index contributed by atoms with van der Waals surface area (Å²) in [5.74, 6) is -0.518. The van der Waals surface area contributed by atoms with Crippen molar-refractivity contribution in [1.82, 2.24) is 9.88 Å². The van der Waals surface area contributed by atoms with E-state index in [0.717, 1.165) is 12.0 Å². The maximum absolute atomic E-state index is 11.9. The SMILES string of the molecule is COC(=O)C(N)CCC(=O)N(C)CCc1ccncc1. The number of carbonyl (C=O) groups is 2. The Morgan fingerprint density at radius 3 is 2.65 bits per heavy atom. The van der Waals surface area contributed by atoms with Gasteiger partial charge in [-0.05, 0) is 30.5 Å². The third-order valence-corrected chi connectivity index (χ3v) is 3.08. The van der Waals surface area contributed by atoms with Gasteiger partial charge in [0.1, 0.15) is 6.04 Å². The van der Waals surface area contributed by atoms with E-state index in [9.17, 15) is 9.59 Å². The van der Waals surface area contributed by atoms with E-state index in [0.29, 0.717) is 13.0 Å². The van der Waals surface area contributed by atoms with E-state index in [1.807, 2.05) is 12.1 Å². The molecule has 0 radical (unpaired) electrons. The minimum absolute atomic E-state index is 0.0293. The highest BCUT2D eigenvalue weighted by Crippen LogP contribution is 2.03. The summed E-state index contributed by atoms with van der Waals surface area (Å²) in [6, 6.07) is 3.11. The van der Waals surface area contributed by atoms with E-state index < -0.39 is 12.0 Å². The molecule has 1 amide bonds. The number of ether oxygens (including phenoxy) is 1. The molecule has 110 valence electrons. The Kier molecular flexibility index (Phi) is 6.66. The Balaban J connectivity index is 2.31. The second-order valence-electron chi connectivity index (χ2n) is 4.59. The van der Waals surface area contributed by atoms with Gasteiger partial charge in [0.15, 0.2) is 0 Å². The van der Waals surface area contributed by atoms with Gasteiger partial charge >= 0.3 is 5.97 Å². The molecule has 6 heteroatoms. The van der Waals surface area contributed by atoms with Crippen molar-refractivity contribution in [2.45, 2.75) is 25.3 Å². The van der Waals surface area contributed by atoms with Crippen molar-refractivity contribution in [3.05, 3.63) is 30.1 Å². The van der Waals surface area contributed by atoms with Crippen LogP contribution in [0.4, 0.5) is 0 Å². The highest BCUT2D eigenvalue weighted by atomic mass is 16.5. The molecule has 1 rings (SSSR count). The molecule has 1 heterocycles. The summed E-state index contributed by atoms with van der Waals surface area (Å²) in [5.41, 5.74) is 6.72. The van der Waals surface area contributed by atoms with E-state index >= 15 is 0 Å². The number of hydrogen-bond donors (Lipinski definition) is 1. The highest BCUT2D eigenvalue weighted by Gasteiger charge is 2.16. The van der Waals surface area contributed by atoms with E-state index in [2.05, 4.69) is 9.72 Å². The highest BCUT2D eigenvalue weighted by molar-refractivity contribution is 5.79. The Morgan fingerprint density at radius 2 is 2.05 bits per heavy atom. The van der Waals surface area contributed by atoms with Crippen molar-refractivity contribution in [1.29, 1.82) is 0 Å². The number of rotatable bonds is 7. The zero-order valence-corrected chi connectivity index (χ0v) is 11.9. The lowest BCUT2D eigenvalue weighted by molar-refractivity contribution is -0.142. The van der Waals surface area contributed by atoms with Gasteiger partial charge in [0.25, 0.3) is 0 Å². The fourth-order valence-electron chi connectivity index (χ4n) is 1.71. The van der Waals surface area contributed by atoms with Crippen molar-refractivity contribution in [2.75, 3.05) is 20.7 Å². The molecule has 0 fully saturated rings. The minimum Gasteiger partial charge on any atom is -0.468 e. The van der Waals surface area contributed by atoms with Gasteiger partial charge in [-0.25, -0.2) is 0 Å². The van der Waals surface area contributed by atoms with Crippen LogP contribution < -0.4 is 5.73 Å². The predicted molar refractivity (Wildman–Crippen MR) is 74.8 cm³/mol. The van der Waals surface area contributed by atoms with Crippen LogP contribution in [0.3, 0.4) is 0 Å². The first-order valence-corrected chi connectivity index (χ1v) is 6.51. The monoisotopic (exact) mass is 279 g/mol. The van der Waals surface area contributed by atoms with Crippen LogP contribution >= 0.6 is 0 Å². The second kappa shape index (κ2) is 8.27. The number of nitrogens with two attached hydrogens (primary N) is 1. The fraction of sp³-hybridized carbons (Fsp3) is 0.500. The summed E-state index contributed by atoms with van der Waals surface area (Å²) in [6.45, 7) is 0.621. The maximum Gasteiger partial charge on any atom is 0.322 e. The van der Waals surface area contributed by atoms with Gasteiger partial charge in [-0.3, -0.25) is 14.6 Å². The first-order valence-electron chi connectivity index (χ1n) is 6.51. The van der Waals surface area contributed by atoms with Crippen LogP contribution in [0.1, 0.15) is 18.4 Å². The van der Waals surface area contributed by atoms with Gasteiger partial charge in [-0.2, -0.15) is 0 Å². The van der Waals surface area contributed by atoms with Crippen LogP contribution in [0.25, 0.3) is 0 Å². The van der Waals surface area contributed by atoms with Crippen molar-refractivity contribution >= 4 is 11.9 Å². The lowest BCUT2D eigenvalue weighted by atomic mass is 10.1. The summed E-state index contributed by atoms with van der Waals surface area (Å²) >= 11 is 0. The largest absolute Gasteiger partial charge is 0.468 e. The molecule has 0 bridgehead atoms. The van der Waals surface area contributed by atoms with Gasteiger partial charge in [-0.15, -0.1) is 0 Å². The quantitative estimate of drug-likeness (QED) is 0.728. The van der Waals surface area contributed by atoms with E-state index in [1.165, 1.54) is 7.11 Å². The van der Waals surface area contributed by atoms with Crippen molar-refractivity contribution < 1.29 is 14.3 Å². The smallest absolute Gasteiger partial charge is 0.322 e. The van der Waals surface area contributed by atoms with Crippen molar-refractivity contribution in [3.8, 4) is 0 Å². The third kappa shape index (κ3) is 5.36. The molecule has 0 saturated heterocycles. The van der Waals surface area contributed by atoms with E-state index in [-0.39, 0.29) is 12.3 Å². The number of hydrogen-bond acceptors (Lipinski definition) is 5. The van der Waals surface area contributed by atoms with E-state index in [1.54, 1.807) is 24.3 Å². The number of nitrogens with zero attached hydrogens (tertiary/aromatic N) is 2. The third-order valence-electron chi connectivity index (χ3n) is 3.08. The zero-order chi connectivity index (χ0) is 15.0. The Hall–Kier alpha value is -1.95. The van der Waals surface area contributed by atoms with Crippen molar-refractivity contribution in [2.24, 2.45) is 5.73 Å². The van der Waals surface area contributed by atoms with Crippen LogP contribution in [0.15, 0.2) is 24.5 Å². The average Bonchev–Trinajstić information content (AvgIpc) is 2.49. The Labute approximate surface area is 118 Å². The van der Waals surface area contributed by atoms with Gasteiger partial charge in [-0.1, -0.05) is 0 Å². The van der Waals surface area contributed by atoms with Crippen LogP contribution in [0.2, 0.25) is 0 Å². The first kappa shape index (κ1) is 16.1. The van der Waals surface area contributed by atoms with Crippen LogP contribution in [0, 0.1) is 0 Å². The molecule has 1 atom stereocenters. The normalized spacial score (nSPS) is 11.8. The topological polar surface area (TPSA) is 85.5 Å². The summed E-state index contributed by atoms with van der Waals surface area (Å²) in [4.78, 5) is 28.6. The number of likely N-dealkylation sites (N-methyl/N-ethyl adjacent to an activating group) is 1. The van der Waals surface area contributed by atoms with Crippen molar-refractivity contribution in [3.63, 3.8) is 0 Å². The first-order chi connectivity index (χ1) is 9.54. The molecule has 0 aliphatic rings. The molecule has 20 heavy (non-hydrogen) atoms. The number of pyridine rings is 1. The summed E-state index contributed by atoms with van der Waals surface area (Å²) in [7, 11) is 3.03. The molecule has 0 aliphatic heterocycles. The van der Waals surface area contributed by atoms with Gasteiger partial charge in [0.2, 0.25) is 5.91 Å². The van der Waals surface area contributed by atoms with Crippen LogP contribution in [0.5, 0.6) is 0 Å². The van der Waals surface area contributed by atoms with Gasteiger partial charge in [0, 0.05) is 32.4 Å². The van der Waals surface area contributed by atoms with Crippen LogP contribution in [-0.2, 0) is 20.7 Å². The molecule has 0 aromatic carbocycles. The Morgan fingerprint density at radius 1 is 1.40 bits per heavy atom. The fourth-order valence-corrected chi connectivity index (χ4v) is 1.71. The number of carbonyl (C=O) groups excluding carboxylic acids is 2. The molecule has 6 nitrogen and oxygen atoms in total. The lowest BCUT2D eigenvalue weighted by Crippen LogP contribution is -2.34. The maximum atomic E-state index is 11.9. The summed E-state index contributed by atoms with van der Waals surface area (Å²) < 4.78 is 4.52. The molecule has 1 unspecified atom stereocenters. The molecule has 0 saturated carbocycles. The number of esters is 1. The zero-order valence-electron chi connectivity index (χ0n) is 11.9.